The second-order valence-corrected chi connectivity index (χ2v) is 7.38. The van der Waals surface area contributed by atoms with E-state index in [0.29, 0.717) is 5.92 Å². The molecule has 1 aliphatic rings. The van der Waals surface area contributed by atoms with E-state index in [1.54, 1.807) is 6.20 Å². The van der Waals surface area contributed by atoms with Gasteiger partial charge in [0.15, 0.2) is 0 Å². The third-order valence-electron chi connectivity index (χ3n) is 4.97. The molecule has 5 N–H and O–H groups in total. The van der Waals surface area contributed by atoms with Crippen molar-refractivity contribution in [1.29, 1.82) is 0 Å². The summed E-state index contributed by atoms with van der Waals surface area (Å²) in [5, 5.41) is 2.97. The average Bonchev–Trinajstić information content (AvgIpc) is 2.70. The molecule has 0 radical (unpaired) electrons. The Kier molecular flexibility index (Phi) is 6.43. The van der Waals surface area contributed by atoms with Crippen LogP contribution in [0, 0.1) is 5.92 Å². The van der Waals surface area contributed by atoms with Crippen LogP contribution in [-0.4, -0.2) is 11.9 Å². The molecular weight excluding hydrogens is 344 g/mol. The normalized spacial score (nSPS) is 16.6. The summed E-state index contributed by atoms with van der Waals surface area (Å²) in [4.78, 5) is 2.41. The van der Waals surface area contributed by atoms with Crippen molar-refractivity contribution in [2.75, 3.05) is 12.8 Å². The molecule has 28 heavy (non-hydrogen) atoms. The van der Waals surface area contributed by atoms with Gasteiger partial charge in [0.05, 0.1) is 5.70 Å². The van der Waals surface area contributed by atoms with E-state index in [-0.39, 0.29) is 0 Å². The minimum atomic E-state index is 0.600. The van der Waals surface area contributed by atoms with Gasteiger partial charge in [-0.05, 0) is 47.2 Å². The van der Waals surface area contributed by atoms with Gasteiger partial charge in [-0.25, -0.2) is 0 Å². The topological polar surface area (TPSA) is 67.3 Å². The molecule has 0 bridgehead atoms. The van der Waals surface area contributed by atoms with Crippen molar-refractivity contribution in [3.8, 4) is 0 Å². The quantitative estimate of drug-likeness (QED) is 0.635. The van der Waals surface area contributed by atoms with Crippen molar-refractivity contribution in [3.05, 3.63) is 95.3 Å². The number of rotatable bonds is 7. The first-order valence-electron chi connectivity index (χ1n) is 9.75. The maximum atomic E-state index is 6.06. The monoisotopic (exact) mass is 374 g/mol. The lowest BCUT2D eigenvalue weighted by Gasteiger charge is -2.28. The highest BCUT2D eigenvalue weighted by molar-refractivity contribution is 5.62. The molecule has 1 unspecified atom stereocenters. The fourth-order valence-electron chi connectivity index (χ4n) is 3.29. The average molecular weight is 375 g/mol. The van der Waals surface area contributed by atoms with Gasteiger partial charge in [-0.15, -0.1) is 0 Å². The van der Waals surface area contributed by atoms with E-state index in [9.17, 15) is 0 Å². The lowest BCUT2D eigenvalue weighted by molar-refractivity contribution is 0.335. The van der Waals surface area contributed by atoms with Gasteiger partial charge in [0.25, 0.3) is 0 Å². The fourth-order valence-corrected chi connectivity index (χ4v) is 3.29. The summed E-state index contributed by atoms with van der Waals surface area (Å²) >= 11 is 0. The second kappa shape index (κ2) is 9.18. The summed E-state index contributed by atoms with van der Waals surface area (Å²) in [5.74, 6) is 0.600. The molecule has 1 aliphatic carbocycles. The van der Waals surface area contributed by atoms with Gasteiger partial charge >= 0.3 is 0 Å². The Morgan fingerprint density at radius 3 is 2.21 bits per heavy atom. The largest absolute Gasteiger partial charge is 0.399 e. The Morgan fingerprint density at radius 1 is 1.07 bits per heavy atom. The number of nitrogens with one attached hydrogen (secondary N) is 1. The van der Waals surface area contributed by atoms with E-state index in [1.807, 2.05) is 19.2 Å². The van der Waals surface area contributed by atoms with Crippen molar-refractivity contribution >= 4 is 11.4 Å². The minimum Gasteiger partial charge on any atom is -0.399 e. The molecule has 0 aromatic heterocycles. The van der Waals surface area contributed by atoms with Gasteiger partial charge in [0, 0.05) is 37.7 Å². The van der Waals surface area contributed by atoms with Crippen molar-refractivity contribution in [1.82, 2.24) is 10.2 Å². The molecule has 0 spiro atoms. The lowest BCUT2D eigenvalue weighted by Crippen LogP contribution is -2.22. The van der Waals surface area contributed by atoms with E-state index in [2.05, 4.69) is 71.8 Å². The maximum absolute atomic E-state index is 6.06. The third-order valence-corrected chi connectivity index (χ3v) is 4.97. The lowest BCUT2D eigenvalue weighted by atomic mass is 10.0. The van der Waals surface area contributed by atoms with Crippen LogP contribution in [0.1, 0.15) is 30.0 Å². The number of hydrogen-bond donors (Lipinski definition) is 3. The number of nitrogens with zero attached hydrogens (tertiary/aromatic N) is 1. The molecule has 1 atom stereocenters. The molecule has 0 saturated carbocycles. The molecular formula is C24H30N4. The SMILES string of the molecule is CN/C=C(\N)c1ccc(CN(Cc2ccc(N)cc2)C2=CCC(C)C=C2)cc1. The van der Waals surface area contributed by atoms with Crippen LogP contribution >= 0.6 is 0 Å². The Bertz CT molecular complexity index is 860. The Morgan fingerprint density at radius 2 is 1.68 bits per heavy atom. The smallest absolute Gasteiger partial charge is 0.0547 e. The predicted octanol–water partition coefficient (Wildman–Crippen LogP) is 4.23. The zero-order chi connectivity index (χ0) is 19.9. The van der Waals surface area contributed by atoms with Crippen LogP contribution < -0.4 is 16.8 Å². The van der Waals surface area contributed by atoms with Crippen molar-refractivity contribution in [3.63, 3.8) is 0 Å². The zero-order valence-corrected chi connectivity index (χ0v) is 16.7. The Hall–Kier alpha value is -3.14. The van der Waals surface area contributed by atoms with Crippen LogP contribution in [0.5, 0.6) is 0 Å². The van der Waals surface area contributed by atoms with Crippen molar-refractivity contribution in [2.24, 2.45) is 11.7 Å². The molecule has 2 aromatic rings. The Balaban J connectivity index is 1.79. The summed E-state index contributed by atoms with van der Waals surface area (Å²) in [6, 6.07) is 16.6. The van der Waals surface area contributed by atoms with Gasteiger partial charge in [-0.2, -0.15) is 0 Å². The molecule has 0 aliphatic heterocycles. The van der Waals surface area contributed by atoms with E-state index in [1.165, 1.54) is 16.8 Å². The van der Waals surface area contributed by atoms with Gasteiger partial charge < -0.3 is 21.7 Å². The molecule has 0 heterocycles. The third kappa shape index (κ3) is 5.19. The van der Waals surface area contributed by atoms with E-state index >= 15 is 0 Å². The first kappa shape index (κ1) is 19.6. The first-order valence-corrected chi connectivity index (χ1v) is 9.75. The molecule has 2 aromatic carbocycles. The summed E-state index contributed by atoms with van der Waals surface area (Å²) < 4.78 is 0. The van der Waals surface area contributed by atoms with Crippen LogP contribution in [0.4, 0.5) is 5.69 Å². The molecule has 0 fully saturated rings. The number of nitrogen functional groups attached to an aromatic ring is 1. The molecule has 4 nitrogen and oxygen atoms in total. The van der Waals surface area contributed by atoms with Crippen LogP contribution in [0.15, 0.2) is 78.7 Å². The first-order chi connectivity index (χ1) is 13.5. The molecule has 0 saturated heterocycles. The van der Waals surface area contributed by atoms with E-state index in [0.717, 1.165) is 36.5 Å². The Labute approximate surface area is 168 Å². The predicted molar refractivity (Wildman–Crippen MR) is 119 cm³/mol. The van der Waals surface area contributed by atoms with E-state index < -0.39 is 0 Å². The highest BCUT2D eigenvalue weighted by Crippen LogP contribution is 2.23. The van der Waals surface area contributed by atoms with Crippen molar-refractivity contribution < 1.29 is 0 Å². The van der Waals surface area contributed by atoms with Gasteiger partial charge in [0.1, 0.15) is 0 Å². The molecule has 0 amide bonds. The highest BCUT2D eigenvalue weighted by Gasteiger charge is 2.13. The number of hydrogen-bond acceptors (Lipinski definition) is 4. The summed E-state index contributed by atoms with van der Waals surface area (Å²) in [6.45, 7) is 3.93. The van der Waals surface area contributed by atoms with Crippen LogP contribution in [0.2, 0.25) is 0 Å². The number of nitrogens with two attached hydrogens (primary N) is 2. The summed E-state index contributed by atoms with van der Waals surface area (Å²) in [7, 11) is 1.85. The number of allylic oxidation sites excluding steroid dienone is 3. The standard InChI is InChI=1S/C24H30N4/c1-18-3-13-23(14-4-18)28(17-20-7-11-22(25)12-8-20)16-19-5-9-21(10-6-19)24(26)15-27-2/h3,5-15,18,27H,4,16-17,25-26H2,1-2H3/b24-15-. The van der Waals surface area contributed by atoms with Crippen molar-refractivity contribution in [2.45, 2.75) is 26.4 Å². The van der Waals surface area contributed by atoms with E-state index in [4.69, 9.17) is 11.5 Å². The number of benzene rings is 2. The minimum absolute atomic E-state index is 0.600. The molecule has 146 valence electrons. The fraction of sp³-hybridized carbons (Fsp3) is 0.250. The maximum Gasteiger partial charge on any atom is 0.0547 e. The molecule has 3 rings (SSSR count). The van der Waals surface area contributed by atoms with Crippen LogP contribution in [-0.2, 0) is 13.1 Å². The van der Waals surface area contributed by atoms with Gasteiger partial charge in [-0.3, -0.25) is 0 Å². The molecule has 4 heteroatoms. The summed E-state index contributed by atoms with van der Waals surface area (Å²) in [5.41, 5.74) is 18.2. The van der Waals surface area contributed by atoms with Gasteiger partial charge in [-0.1, -0.05) is 55.5 Å². The summed E-state index contributed by atoms with van der Waals surface area (Å²) in [6.07, 6.45) is 9.75. The zero-order valence-electron chi connectivity index (χ0n) is 16.7. The van der Waals surface area contributed by atoms with Crippen LogP contribution in [0.25, 0.3) is 5.70 Å². The van der Waals surface area contributed by atoms with Crippen LogP contribution in [0.3, 0.4) is 0 Å². The second-order valence-electron chi connectivity index (χ2n) is 7.38. The number of anilines is 1. The highest BCUT2D eigenvalue weighted by atomic mass is 15.1. The van der Waals surface area contributed by atoms with Gasteiger partial charge in [0.2, 0.25) is 0 Å².